The molecule has 0 amide bonds. The number of allylic oxidation sites excluding steroid dienone is 3. The van der Waals surface area contributed by atoms with Crippen molar-refractivity contribution in [2.24, 2.45) is 102 Å². The van der Waals surface area contributed by atoms with E-state index in [-0.39, 0.29) is 109 Å². The molecule has 14 nitrogen and oxygen atoms in total. The first-order valence-corrected chi connectivity index (χ1v) is 41.0. The molecule has 21 atom stereocenters. The Morgan fingerprint density at radius 2 is 0.921 bits per heavy atom. The Morgan fingerprint density at radius 3 is 1.31 bits per heavy atom. The van der Waals surface area contributed by atoms with Gasteiger partial charge in [-0.15, -0.1) is 0 Å². The highest BCUT2D eigenvalue weighted by Crippen LogP contribution is 2.65. The summed E-state index contributed by atoms with van der Waals surface area (Å²) >= 11 is 0. The monoisotopic (exact) mass is 1280 g/mol. The number of esters is 1. The van der Waals surface area contributed by atoms with Crippen LogP contribution in [0.5, 0.6) is 0 Å². The first kappa shape index (κ1) is 75.7. The van der Waals surface area contributed by atoms with E-state index in [1.807, 2.05) is 0 Å². The number of carboxylic acid groups (broad SMARTS) is 1. The van der Waals surface area contributed by atoms with E-state index in [2.05, 4.69) is 139 Å². The molecule has 9 fully saturated rings. The molecule has 89 heavy (non-hydrogen) atoms. The van der Waals surface area contributed by atoms with Gasteiger partial charge >= 0.3 is 5.97 Å². The van der Waals surface area contributed by atoms with Crippen LogP contribution in [0.1, 0.15) is 232 Å². The van der Waals surface area contributed by atoms with Crippen molar-refractivity contribution < 1.29 is 43.6 Å². The Balaban J connectivity index is 0.000000210. The zero-order valence-corrected chi connectivity index (χ0v) is 61.6. The molecule has 0 bridgehead atoms. The van der Waals surface area contributed by atoms with Crippen LogP contribution in [0.2, 0.25) is 36.3 Å². The second-order valence-electron chi connectivity index (χ2n) is 35.1. The van der Waals surface area contributed by atoms with Gasteiger partial charge < -0.3 is 45.5 Å². The van der Waals surface area contributed by atoms with Gasteiger partial charge in [0.25, 0.3) is 5.97 Å². The smallest absolute Gasteiger partial charge is 0.302 e. The first-order chi connectivity index (χ1) is 40.9. The molecule has 6 unspecified atom stereocenters. The third kappa shape index (κ3) is 15.6. The molecule has 0 aromatic carbocycles. The first-order valence-electron chi connectivity index (χ1n) is 35.2. The van der Waals surface area contributed by atoms with Crippen LogP contribution in [-0.4, -0.2) is 105 Å². The highest BCUT2D eigenvalue weighted by Gasteiger charge is 2.61. The number of carbonyl (C=O) groups excluding carboxylic acids is 1. The molecular formula is C73H131N5O9Si2. The fourth-order valence-corrected chi connectivity index (χ4v) is 21.4. The zero-order valence-electron chi connectivity index (χ0n) is 59.6. The number of carbonyl (C=O) groups is 2. The van der Waals surface area contributed by atoms with Gasteiger partial charge in [-0.3, -0.25) is 9.59 Å². The maximum absolute atomic E-state index is 12.3. The fraction of sp³-hybridized carbons (Fsp3) is 0.890. The van der Waals surface area contributed by atoms with Crippen LogP contribution in [-0.2, 0) is 23.2 Å². The maximum atomic E-state index is 12.3. The highest BCUT2D eigenvalue weighted by atomic mass is 28.4. The summed E-state index contributed by atoms with van der Waals surface area (Å²) < 4.78 is 19.7. The minimum Gasteiger partial charge on any atom is -0.481 e. The van der Waals surface area contributed by atoms with E-state index in [0.717, 1.165) is 142 Å². The molecule has 8 N–H and O–H groups in total. The highest BCUT2D eigenvalue weighted by molar-refractivity contribution is 6.74. The summed E-state index contributed by atoms with van der Waals surface area (Å²) in [5.41, 5.74) is 26.1. The quantitative estimate of drug-likeness (QED) is 0.0268. The molecule has 9 aliphatic rings. The van der Waals surface area contributed by atoms with Crippen molar-refractivity contribution in [3.8, 4) is 0 Å². The Hall–Kier alpha value is -2.38. The fourth-order valence-electron chi connectivity index (χ4n) is 19.3. The van der Waals surface area contributed by atoms with Crippen LogP contribution in [0.15, 0.2) is 41.6 Å². The van der Waals surface area contributed by atoms with Crippen LogP contribution >= 0.6 is 0 Å². The molecule has 0 spiro atoms. The number of hydrogen-bond acceptors (Lipinski definition) is 11. The number of nitrogens with two attached hydrogens (primary N) is 2. The van der Waals surface area contributed by atoms with E-state index >= 15 is 0 Å². The molecule has 0 radical (unpaired) electrons. The Morgan fingerprint density at radius 1 is 0.573 bits per heavy atom. The molecular weight excluding hydrogens is 1150 g/mol. The normalized spacial score (nSPS) is 42.4. The third-order valence-corrected chi connectivity index (χ3v) is 37.4. The van der Waals surface area contributed by atoms with Gasteiger partial charge in [0.2, 0.25) is 0 Å². The number of carboxylic acids is 1. The van der Waals surface area contributed by atoms with Crippen LogP contribution in [0.25, 0.3) is 10.4 Å². The number of aliphatic carboxylic acids is 1. The number of rotatable bonds is 12. The van der Waals surface area contributed by atoms with Crippen molar-refractivity contribution in [2.45, 2.75) is 304 Å². The topological polar surface area (TPSA) is 244 Å². The molecule has 0 aromatic heterocycles. The SMILES string of the molecule is C=C1CCC2[C@H](O)C([C@@]3(C)CC[C@H](N)C[C@@H]3CO)CC[C@]12C.C=C1CCC2[C@H](O)C([C@@]3(C)CC[C@H](N)C[C@@H]3CO[Si](C)(C)C(C)(C)C)CC[C@]12C.C=C1CCC2[C@H](OC(C)=O)C([C@@]3(C)CC[C@H](N=[N+]=[N-])C[C@@H]3CO[Si](C)(C)C(C)(C)C)CC[C@]12C.CC(=O)O. The molecule has 510 valence electrons. The zero-order chi connectivity index (χ0) is 67.1. The van der Waals surface area contributed by atoms with Gasteiger partial charge in [0.1, 0.15) is 6.10 Å². The molecule has 0 aromatic rings. The van der Waals surface area contributed by atoms with E-state index < -0.39 is 22.6 Å². The summed E-state index contributed by atoms with van der Waals surface area (Å²) in [6.45, 7) is 54.5. The third-order valence-electron chi connectivity index (χ3n) is 28.4. The van der Waals surface area contributed by atoms with Crippen LogP contribution in [0.3, 0.4) is 0 Å². The van der Waals surface area contributed by atoms with Crippen molar-refractivity contribution >= 4 is 28.6 Å². The van der Waals surface area contributed by atoms with Crippen LogP contribution in [0.4, 0.5) is 0 Å². The predicted molar refractivity (Wildman–Crippen MR) is 368 cm³/mol. The van der Waals surface area contributed by atoms with Crippen LogP contribution in [0, 0.1) is 85.8 Å². The van der Waals surface area contributed by atoms with Crippen molar-refractivity contribution in [3.63, 3.8) is 0 Å². The second kappa shape index (κ2) is 28.5. The standard InChI is InChI=1S/C27H47N3O3Si.C25H47NO2Si.C19H33NO2.C2H4O2/c1-18-10-11-22-24(33-19(2)31)23(13-15-26(18,22)6)27(7)14-12-21(29-30-28)16-20(27)17-32-34(8,9)25(3,4)5;1-17-9-10-20-22(27)21(12-14-24(17,20)5)25(6)13-11-19(26)15-18(25)16-28-29(7,8)23(2,3)4;1-12-4-5-15-17(22)16(7-9-18(12,15)2)19(3)8-6-14(20)10-13(19)11-21;1-2(3)4/h20-24H,1,10-17H2,2-9H3;18-22,27H,1,9-16,26H2,2-8H3;13-17,21-22H,1,4-11,20H2,2-3H3;1H3,(H,3,4)/t20-,21+,22?,23?,24+,26-,27+;18-,19+,20?,21?,22+,24-,25+;13-,14+,15?,16?,17+,18-,19+;/m111./s1. The number of hydrogen-bond donors (Lipinski definition) is 6. The molecule has 16 heteroatoms. The number of fused-ring (bicyclic) bond motifs is 3. The summed E-state index contributed by atoms with van der Waals surface area (Å²) in [4.78, 5) is 24.4. The summed E-state index contributed by atoms with van der Waals surface area (Å²) in [5, 5.41) is 44.5. The lowest BCUT2D eigenvalue weighted by Gasteiger charge is -2.56. The largest absolute Gasteiger partial charge is 0.481 e. The van der Waals surface area contributed by atoms with Crippen molar-refractivity contribution in [1.82, 2.24) is 0 Å². The van der Waals surface area contributed by atoms with Gasteiger partial charge in [-0.25, -0.2) is 0 Å². The van der Waals surface area contributed by atoms with E-state index in [1.165, 1.54) is 23.1 Å². The van der Waals surface area contributed by atoms with Gasteiger partial charge in [-0.05, 0) is 251 Å². The lowest BCUT2D eigenvalue weighted by atomic mass is 9.51. The van der Waals surface area contributed by atoms with Gasteiger partial charge in [-0.2, -0.15) is 0 Å². The van der Waals surface area contributed by atoms with Crippen molar-refractivity contribution in [3.05, 3.63) is 46.9 Å². The summed E-state index contributed by atoms with van der Waals surface area (Å²) in [7, 11) is -3.72. The van der Waals surface area contributed by atoms with Gasteiger partial charge in [0.05, 0.1) is 12.2 Å². The summed E-state index contributed by atoms with van der Waals surface area (Å²) in [5.74, 6) is 1.90. The Labute approximate surface area is 543 Å². The molecule has 0 heterocycles. The molecule has 9 aliphatic carbocycles. The van der Waals surface area contributed by atoms with Crippen molar-refractivity contribution in [2.75, 3.05) is 19.8 Å². The summed E-state index contributed by atoms with van der Waals surface area (Å²) in [6.07, 6.45) is 21.3. The minimum atomic E-state index is -1.93. The van der Waals surface area contributed by atoms with E-state index in [9.17, 15) is 20.1 Å². The van der Waals surface area contributed by atoms with Gasteiger partial charge in [0.15, 0.2) is 16.6 Å². The Kier molecular flexibility index (Phi) is 24.2. The van der Waals surface area contributed by atoms with Gasteiger partial charge in [-0.1, -0.05) is 125 Å². The average molecular weight is 1280 g/mol. The van der Waals surface area contributed by atoms with E-state index in [0.29, 0.717) is 42.1 Å². The molecule has 0 aliphatic heterocycles. The van der Waals surface area contributed by atoms with Crippen molar-refractivity contribution in [1.29, 1.82) is 0 Å². The number of ether oxygens (including phenoxy) is 1. The molecule has 9 saturated carbocycles. The average Bonchev–Trinajstić information content (AvgIpc) is 1.74. The van der Waals surface area contributed by atoms with E-state index in [1.54, 1.807) is 6.92 Å². The molecule has 0 saturated heterocycles. The number of aliphatic hydroxyl groups is 3. The Bertz CT molecular complexity index is 2540. The number of aliphatic hydroxyl groups excluding tert-OH is 3. The maximum Gasteiger partial charge on any atom is 0.302 e. The van der Waals surface area contributed by atoms with E-state index in [4.69, 9.17) is 40.5 Å². The number of nitrogens with zero attached hydrogens (tertiary/aromatic N) is 3. The van der Waals surface area contributed by atoms with Gasteiger partial charge in [0, 0.05) is 68.5 Å². The second-order valence-corrected chi connectivity index (χ2v) is 44.8. The minimum absolute atomic E-state index is 0.0124. The summed E-state index contributed by atoms with van der Waals surface area (Å²) in [6, 6.07) is 0.495. The predicted octanol–water partition coefficient (Wildman–Crippen LogP) is 16.6. The lowest BCUT2D eigenvalue weighted by Crippen LogP contribution is -2.55. The lowest BCUT2D eigenvalue weighted by molar-refractivity contribution is -0.172. The molecule has 9 rings (SSSR count). The van der Waals surface area contributed by atoms with Crippen LogP contribution < -0.4 is 11.5 Å². The number of azide groups is 1.